The van der Waals surface area contributed by atoms with E-state index in [4.69, 9.17) is 5.73 Å². The molecule has 1 amide bonds. The van der Waals surface area contributed by atoms with E-state index in [-0.39, 0.29) is 5.91 Å². The van der Waals surface area contributed by atoms with E-state index in [0.717, 1.165) is 11.8 Å². The molecule has 0 heterocycles. The lowest BCUT2D eigenvalue weighted by atomic mass is 10.1. The molecular weight excluding hydrogens is 266 g/mol. The van der Waals surface area contributed by atoms with Crippen LogP contribution < -0.4 is 15.8 Å². The van der Waals surface area contributed by atoms with Crippen LogP contribution in [0.15, 0.2) is 18.2 Å². The van der Waals surface area contributed by atoms with Gasteiger partial charge in [0, 0.05) is 5.69 Å². The molecule has 6 nitrogen and oxygen atoms in total. The summed E-state index contributed by atoms with van der Waals surface area (Å²) in [5.41, 5.74) is 6.89. The van der Waals surface area contributed by atoms with Crippen LogP contribution in [0.3, 0.4) is 0 Å². The van der Waals surface area contributed by atoms with E-state index < -0.39 is 15.6 Å². The normalized spacial score (nSPS) is 16.8. The Balaban J connectivity index is 2.12. The van der Waals surface area contributed by atoms with Crippen molar-refractivity contribution in [1.29, 1.82) is 0 Å². The summed E-state index contributed by atoms with van der Waals surface area (Å²) in [7, 11) is -3.31. The van der Waals surface area contributed by atoms with Gasteiger partial charge in [-0.25, -0.2) is 8.42 Å². The largest absolute Gasteiger partial charge is 0.324 e. The molecule has 0 radical (unpaired) electrons. The van der Waals surface area contributed by atoms with Crippen LogP contribution in [0.2, 0.25) is 0 Å². The molecule has 19 heavy (non-hydrogen) atoms. The highest BCUT2D eigenvalue weighted by Crippen LogP contribution is 2.33. The average molecular weight is 283 g/mol. The van der Waals surface area contributed by atoms with Crippen LogP contribution in [0.5, 0.6) is 0 Å². The van der Waals surface area contributed by atoms with Gasteiger partial charge in [0.1, 0.15) is 0 Å². The third kappa shape index (κ3) is 3.45. The molecule has 0 unspecified atom stereocenters. The van der Waals surface area contributed by atoms with Crippen molar-refractivity contribution in [1.82, 2.24) is 0 Å². The van der Waals surface area contributed by atoms with Gasteiger partial charge in [-0.15, -0.1) is 0 Å². The zero-order chi connectivity index (χ0) is 14.3. The summed E-state index contributed by atoms with van der Waals surface area (Å²) >= 11 is 0. The minimum absolute atomic E-state index is 0.198. The fourth-order valence-electron chi connectivity index (χ4n) is 1.67. The third-order valence-electron chi connectivity index (χ3n) is 3.02. The maximum Gasteiger partial charge on any atom is 0.244 e. The lowest BCUT2D eigenvalue weighted by Crippen LogP contribution is -2.37. The van der Waals surface area contributed by atoms with E-state index in [1.165, 1.54) is 0 Å². The van der Waals surface area contributed by atoms with Crippen LogP contribution in [-0.2, 0) is 14.8 Å². The Morgan fingerprint density at radius 1 is 1.37 bits per heavy atom. The summed E-state index contributed by atoms with van der Waals surface area (Å²) < 4.78 is 24.7. The smallest absolute Gasteiger partial charge is 0.244 e. The van der Waals surface area contributed by atoms with Crippen molar-refractivity contribution in [3.05, 3.63) is 23.8 Å². The van der Waals surface area contributed by atoms with E-state index >= 15 is 0 Å². The van der Waals surface area contributed by atoms with Gasteiger partial charge in [0.2, 0.25) is 15.9 Å². The van der Waals surface area contributed by atoms with Gasteiger partial charge >= 0.3 is 0 Å². The van der Waals surface area contributed by atoms with Crippen molar-refractivity contribution in [2.75, 3.05) is 16.3 Å². The molecule has 7 heteroatoms. The van der Waals surface area contributed by atoms with Gasteiger partial charge in [-0.05, 0) is 43.5 Å². The summed E-state index contributed by atoms with van der Waals surface area (Å²) in [5, 5.41) is 2.73. The highest BCUT2D eigenvalue weighted by Gasteiger charge is 2.45. The molecule has 1 aromatic rings. The number of rotatable bonds is 4. The topological polar surface area (TPSA) is 101 Å². The molecule has 0 bridgehead atoms. The molecule has 1 fully saturated rings. The highest BCUT2D eigenvalue weighted by molar-refractivity contribution is 7.92. The van der Waals surface area contributed by atoms with Crippen LogP contribution in [0.25, 0.3) is 0 Å². The Bertz CT molecular complexity index is 621. The Hall–Kier alpha value is -1.60. The number of sulfonamides is 1. The minimum Gasteiger partial charge on any atom is -0.324 e. The van der Waals surface area contributed by atoms with Crippen molar-refractivity contribution >= 4 is 27.3 Å². The fourth-order valence-corrected chi connectivity index (χ4v) is 2.30. The first-order chi connectivity index (χ1) is 8.70. The van der Waals surface area contributed by atoms with E-state index in [1.807, 2.05) is 0 Å². The number of anilines is 2. The molecule has 1 aliphatic carbocycles. The Labute approximate surface area is 112 Å². The minimum atomic E-state index is -3.31. The second-order valence-electron chi connectivity index (χ2n) is 5.01. The summed E-state index contributed by atoms with van der Waals surface area (Å²) in [5.74, 6) is -0.198. The van der Waals surface area contributed by atoms with E-state index in [1.54, 1.807) is 25.1 Å². The number of hydrogen-bond donors (Lipinski definition) is 3. The van der Waals surface area contributed by atoms with Crippen LogP contribution in [0, 0.1) is 6.92 Å². The molecule has 0 aromatic heterocycles. The summed E-state index contributed by atoms with van der Waals surface area (Å²) in [6, 6.07) is 4.96. The molecule has 1 saturated carbocycles. The first-order valence-corrected chi connectivity index (χ1v) is 7.78. The van der Waals surface area contributed by atoms with Gasteiger partial charge in [0.25, 0.3) is 0 Å². The second kappa shape index (κ2) is 4.50. The summed E-state index contributed by atoms with van der Waals surface area (Å²) in [6.45, 7) is 1.76. The van der Waals surface area contributed by atoms with E-state index in [2.05, 4.69) is 10.0 Å². The van der Waals surface area contributed by atoms with Crippen LogP contribution in [0.4, 0.5) is 11.4 Å². The SMILES string of the molecule is Cc1cc(NC(=O)C2(N)CC2)ccc1NS(C)(=O)=O. The second-order valence-corrected chi connectivity index (χ2v) is 6.76. The molecule has 0 atom stereocenters. The fraction of sp³-hybridized carbons (Fsp3) is 0.417. The van der Waals surface area contributed by atoms with Crippen molar-refractivity contribution in [2.24, 2.45) is 5.73 Å². The maximum absolute atomic E-state index is 11.8. The number of nitrogens with one attached hydrogen (secondary N) is 2. The Morgan fingerprint density at radius 2 is 2.00 bits per heavy atom. The molecule has 0 aliphatic heterocycles. The monoisotopic (exact) mass is 283 g/mol. The zero-order valence-electron chi connectivity index (χ0n) is 10.9. The van der Waals surface area contributed by atoms with Crippen molar-refractivity contribution in [3.63, 3.8) is 0 Å². The van der Waals surface area contributed by atoms with Crippen molar-refractivity contribution < 1.29 is 13.2 Å². The molecule has 4 N–H and O–H groups in total. The molecule has 0 spiro atoms. The van der Waals surface area contributed by atoms with Crippen LogP contribution in [-0.4, -0.2) is 26.1 Å². The standard InChI is InChI=1S/C12H17N3O3S/c1-8-7-9(14-11(16)12(13)5-6-12)3-4-10(8)15-19(2,17)18/h3-4,7,15H,5-6,13H2,1-2H3,(H,14,16). The zero-order valence-corrected chi connectivity index (χ0v) is 11.7. The number of benzene rings is 1. The first kappa shape index (κ1) is 13.8. The van der Waals surface area contributed by atoms with Crippen molar-refractivity contribution in [2.45, 2.75) is 25.3 Å². The average Bonchev–Trinajstić information content (AvgIpc) is 3.00. The molecule has 1 aromatic carbocycles. The number of nitrogens with two attached hydrogens (primary N) is 1. The lowest BCUT2D eigenvalue weighted by molar-refractivity contribution is -0.118. The maximum atomic E-state index is 11.8. The number of amides is 1. The predicted octanol–water partition coefficient (Wildman–Crippen LogP) is 0.796. The highest BCUT2D eigenvalue weighted by atomic mass is 32.2. The quantitative estimate of drug-likeness (QED) is 0.760. The molecular formula is C12H17N3O3S. The molecule has 0 saturated heterocycles. The summed E-state index contributed by atoms with van der Waals surface area (Å²) in [6.07, 6.45) is 2.49. The van der Waals surface area contributed by atoms with E-state index in [0.29, 0.717) is 24.2 Å². The molecule has 104 valence electrons. The van der Waals surface area contributed by atoms with Crippen LogP contribution in [0.1, 0.15) is 18.4 Å². The van der Waals surface area contributed by atoms with Gasteiger partial charge in [-0.1, -0.05) is 0 Å². The van der Waals surface area contributed by atoms with Gasteiger partial charge in [-0.2, -0.15) is 0 Å². The van der Waals surface area contributed by atoms with Crippen molar-refractivity contribution in [3.8, 4) is 0 Å². The first-order valence-electron chi connectivity index (χ1n) is 5.88. The number of aryl methyl sites for hydroxylation is 1. The molecule has 2 rings (SSSR count). The third-order valence-corrected chi connectivity index (χ3v) is 3.61. The number of carbonyl (C=O) groups is 1. The predicted molar refractivity (Wildman–Crippen MR) is 74.4 cm³/mol. The number of hydrogen-bond acceptors (Lipinski definition) is 4. The summed E-state index contributed by atoms with van der Waals surface area (Å²) in [4.78, 5) is 11.8. The van der Waals surface area contributed by atoms with Crippen LogP contribution >= 0.6 is 0 Å². The Morgan fingerprint density at radius 3 is 2.47 bits per heavy atom. The Kier molecular flexibility index (Phi) is 3.27. The van der Waals surface area contributed by atoms with E-state index in [9.17, 15) is 13.2 Å². The van der Waals surface area contributed by atoms with Gasteiger partial charge in [0.15, 0.2) is 0 Å². The van der Waals surface area contributed by atoms with Gasteiger partial charge in [0.05, 0.1) is 17.5 Å². The molecule has 1 aliphatic rings. The number of carbonyl (C=O) groups excluding carboxylic acids is 1. The van der Waals surface area contributed by atoms with Gasteiger partial charge in [-0.3, -0.25) is 9.52 Å². The van der Waals surface area contributed by atoms with Gasteiger partial charge < -0.3 is 11.1 Å². The lowest BCUT2D eigenvalue weighted by Gasteiger charge is -2.13.